The first-order valence-electron chi connectivity index (χ1n) is 6.60. The molecule has 6 nitrogen and oxygen atoms in total. The van der Waals surface area contributed by atoms with Gasteiger partial charge in [-0.1, -0.05) is 18.2 Å². The number of benzene rings is 1. The summed E-state index contributed by atoms with van der Waals surface area (Å²) in [6.45, 7) is 0.855. The number of nitrogens with one attached hydrogen (secondary N) is 2. The van der Waals surface area contributed by atoms with Gasteiger partial charge in [0.1, 0.15) is 0 Å². The first-order chi connectivity index (χ1) is 9.60. The van der Waals surface area contributed by atoms with E-state index >= 15 is 0 Å². The summed E-state index contributed by atoms with van der Waals surface area (Å²) in [5, 5.41) is 5.27. The fourth-order valence-electron chi connectivity index (χ4n) is 2.03. The molecule has 0 aliphatic carbocycles. The summed E-state index contributed by atoms with van der Waals surface area (Å²) in [6.07, 6.45) is 0.943. The number of ether oxygens (including phenoxy) is 1. The lowest BCUT2D eigenvalue weighted by atomic mass is 9.90. The molecule has 0 atom stereocenters. The van der Waals surface area contributed by atoms with Crippen molar-refractivity contribution in [3.63, 3.8) is 0 Å². The average molecular weight is 277 g/mol. The highest BCUT2D eigenvalue weighted by Gasteiger charge is 2.35. The van der Waals surface area contributed by atoms with E-state index in [1.807, 2.05) is 18.2 Å². The molecule has 20 heavy (non-hydrogen) atoms. The maximum atomic E-state index is 12.0. The summed E-state index contributed by atoms with van der Waals surface area (Å²) in [5.74, 6) is -0.579. The minimum atomic E-state index is -0.925. The third-order valence-electron chi connectivity index (χ3n) is 3.30. The van der Waals surface area contributed by atoms with E-state index < -0.39 is 5.54 Å². The molecule has 1 aliphatic rings. The zero-order chi connectivity index (χ0) is 14.4. The van der Waals surface area contributed by atoms with Gasteiger partial charge in [-0.3, -0.25) is 9.59 Å². The van der Waals surface area contributed by atoms with Crippen LogP contribution < -0.4 is 16.4 Å². The first kappa shape index (κ1) is 14.5. The monoisotopic (exact) mass is 277 g/mol. The fourth-order valence-corrected chi connectivity index (χ4v) is 2.03. The standard InChI is InChI=1S/C14H19N3O3/c15-14(6-8-20-9-7-14)13(19)16-10-12(18)17-11-4-2-1-3-5-11/h1-5H,6-10,15H2,(H,16,19)(H,17,18). The minimum absolute atomic E-state index is 0.0897. The lowest BCUT2D eigenvalue weighted by Gasteiger charge is -2.31. The lowest BCUT2D eigenvalue weighted by molar-refractivity contribution is -0.131. The first-order valence-corrected chi connectivity index (χ1v) is 6.60. The van der Waals surface area contributed by atoms with E-state index in [9.17, 15) is 9.59 Å². The predicted octanol–water partition coefficient (Wildman–Crippen LogP) is 0.249. The average Bonchev–Trinajstić information content (AvgIpc) is 2.46. The molecule has 108 valence electrons. The molecule has 1 saturated heterocycles. The van der Waals surface area contributed by atoms with Crippen LogP contribution in [0.3, 0.4) is 0 Å². The smallest absolute Gasteiger partial charge is 0.243 e. The topological polar surface area (TPSA) is 93.5 Å². The Morgan fingerprint density at radius 1 is 1.20 bits per heavy atom. The number of hydrogen-bond donors (Lipinski definition) is 3. The van der Waals surface area contributed by atoms with Crippen LogP contribution in [0.2, 0.25) is 0 Å². The number of para-hydroxylation sites is 1. The Kier molecular flexibility index (Phi) is 4.70. The van der Waals surface area contributed by atoms with E-state index in [-0.39, 0.29) is 18.4 Å². The Hall–Kier alpha value is -1.92. The fraction of sp³-hybridized carbons (Fsp3) is 0.429. The highest BCUT2D eigenvalue weighted by Crippen LogP contribution is 2.17. The van der Waals surface area contributed by atoms with Crippen molar-refractivity contribution in [1.29, 1.82) is 0 Å². The molecule has 0 aromatic heterocycles. The molecular weight excluding hydrogens is 258 g/mol. The van der Waals surface area contributed by atoms with E-state index in [4.69, 9.17) is 10.5 Å². The normalized spacial score (nSPS) is 17.2. The Labute approximate surface area is 117 Å². The van der Waals surface area contributed by atoms with Crippen LogP contribution in [-0.2, 0) is 14.3 Å². The molecule has 4 N–H and O–H groups in total. The van der Waals surface area contributed by atoms with Crippen molar-refractivity contribution in [1.82, 2.24) is 5.32 Å². The highest BCUT2D eigenvalue weighted by molar-refractivity contribution is 5.96. The molecule has 0 saturated carbocycles. The van der Waals surface area contributed by atoms with E-state index in [0.717, 1.165) is 0 Å². The molecule has 0 unspecified atom stereocenters. The molecule has 0 bridgehead atoms. The molecular formula is C14H19N3O3. The maximum Gasteiger partial charge on any atom is 0.243 e. The van der Waals surface area contributed by atoms with Crippen LogP contribution in [0.1, 0.15) is 12.8 Å². The van der Waals surface area contributed by atoms with Crippen LogP contribution in [0.25, 0.3) is 0 Å². The molecule has 6 heteroatoms. The second-order valence-electron chi connectivity index (χ2n) is 4.87. The van der Waals surface area contributed by atoms with Gasteiger partial charge >= 0.3 is 0 Å². The Morgan fingerprint density at radius 2 is 1.85 bits per heavy atom. The number of carbonyl (C=O) groups excluding carboxylic acids is 2. The van der Waals surface area contributed by atoms with E-state index in [1.54, 1.807) is 12.1 Å². The largest absolute Gasteiger partial charge is 0.381 e. The van der Waals surface area contributed by atoms with Crippen molar-refractivity contribution >= 4 is 17.5 Å². The van der Waals surface area contributed by atoms with Crippen LogP contribution in [0, 0.1) is 0 Å². The van der Waals surface area contributed by atoms with Crippen LogP contribution in [0.15, 0.2) is 30.3 Å². The summed E-state index contributed by atoms with van der Waals surface area (Å²) in [6, 6.07) is 9.07. The third kappa shape index (κ3) is 3.79. The molecule has 1 heterocycles. The van der Waals surface area contributed by atoms with E-state index in [1.165, 1.54) is 0 Å². The molecule has 2 rings (SSSR count). The second-order valence-corrected chi connectivity index (χ2v) is 4.87. The summed E-state index contributed by atoms with van der Waals surface area (Å²) in [5.41, 5.74) is 5.79. The Morgan fingerprint density at radius 3 is 2.50 bits per heavy atom. The number of carbonyl (C=O) groups is 2. The van der Waals surface area contributed by atoms with E-state index in [2.05, 4.69) is 10.6 Å². The third-order valence-corrected chi connectivity index (χ3v) is 3.30. The van der Waals surface area contributed by atoms with Crippen LogP contribution >= 0.6 is 0 Å². The lowest BCUT2D eigenvalue weighted by Crippen LogP contribution is -2.57. The van der Waals surface area contributed by atoms with Crippen molar-refractivity contribution in [2.24, 2.45) is 5.73 Å². The van der Waals surface area contributed by atoms with Crippen LogP contribution in [-0.4, -0.2) is 37.1 Å². The van der Waals surface area contributed by atoms with Crippen molar-refractivity contribution in [3.05, 3.63) is 30.3 Å². The number of rotatable bonds is 4. The quantitative estimate of drug-likeness (QED) is 0.735. The van der Waals surface area contributed by atoms with Crippen LogP contribution in [0.5, 0.6) is 0 Å². The van der Waals surface area contributed by atoms with Crippen molar-refractivity contribution < 1.29 is 14.3 Å². The SMILES string of the molecule is NC1(C(=O)NCC(=O)Nc2ccccc2)CCOCC1. The molecule has 1 fully saturated rings. The van der Waals surface area contributed by atoms with Gasteiger partial charge in [-0.25, -0.2) is 0 Å². The van der Waals surface area contributed by atoms with Crippen molar-refractivity contribution in [3.8, 4) is 0 Å². The number of nitrogens with two attached hydrogens (primary N) is 1. The molecule has 1 aliphatic heterocycles. The van der Waals surface area contributed by atoms with Gasteiger partial charge in [-0.05, 0) is 25.0 Å². The van der Waals surface area contributed by atoms with Gasteiger partial charge in [0, 0.05) is 18.9 Å². The summed E-state index contributed by atoms with van der Waals surface area (Å²) in [4.78, 5) is 23.7. The Balaban J connectivity index is 1.79. The van der Waals surface area contributed by atoms with Crippen molar-refractivity contribution in [2.45, 2.75) is 18.4 Å². The van der Waals surface area contributed by atoms with Gasteiger partial charge in [-0.15, -0.1) is 0 Å². The highest BCUT2D eigenvalue weighted by atomic mass is 16.5. The van der Waals surface area contributed by atoms with Gasteiger partial charge in [-0.2, -0.15) is 0 Å². The zero-order valence-corrected chi connectivity index (χ0v) is 11.2. The van der Waals surface area contributed by atoms with E-state index in [0.29, 0.717) is 31.7 Å². The van der Waals surface area contributed by atoms with Crippen LogP contribution in [0.4, 0.5) is 5.69 Å². The summed E-state index contributed by atoms with van der Waals surface area (Å²) < 4.78 is 5.18. The molecule has 0 spiro atoms. The molecule has 1 aromatic carbocycles. The minimum Gasteiger partial charge on any atom is -0.381 e. The van der Waals surface area contributed by atoms with Gasteiger partial charge in [0.15, 0.2) is 0 Å². The van der Waals surface area contributed by atoms with Gasteiger partial charge in [0.05, 0.1) is 12.1 Å². The van der Waals surface area contributed by atoms with Gasteiger partial charge < -0.3 is 21.1 Å². The molecule has 1 aromatic rings. The number of hydrogen-bond acceptors (Lipinski definition) is 4. The van der Waals surface area contributed by atoms with Crippen molar-refractivity contribution in [2.75, 3.05) is 25.1 Å². The molecule has 2 amide bonds. The number of anilines is 1. The Bertz CT molecular complexity index is 470. The maximum absolute atomic E-state index is 12.0. The predicted molar refractivity (Wildman–Crippen MR) is 75.1 cm³/mol. The van der Waals surface area contributed by atoms with Gasteiger partial charge in [0.25, 0.3) is 0 Å². The van der Waals surface area contributed by atoms with Gasteiger partial charge in [0.2, 0.25) is 11.8 Å². The zero-order valence-electron chi connectivity index (χ0n) is 11.2. The summed E-state index contributed by atoms with van der Waals surface area (Å²) >= 11 is 0. The molecule has 0 radical (unpaired) electrons. The second kappa shape index (κ2) is 6.49. The summed E-state index contributed by atoms with van der Waals surface area (Å²) in [7, 11) is 0. The number of amides is 2.